The molecule has 2 aliphatic rings. The fraction of sp³-hybridized carbons (Fsp3) is 0.591. The van der Waals surface area contributed by atoms with Crippen molar-refractivity contribution in [2.75, 3.05) is 33.3 Å². The monoisotopic (exact) mass is 450 g/mol. The van der Waals surface area contributed by atoms with Crippen LogP contribution in [-0.4, -0.2) is 65.7 Å². The number of carbonyl (C=O) groups is 1. The molecule has 1 aromatic carbocycles. The standard InChI is InChI=1S/C22H28F2N4O4/c1-30-18-13-16(5-6-17(18)31-22(23)24)20-25-19(32-26-20)14-27-11-7-15(8-12-27)21(29)28-9-3-2-4-10-28/h5-6,13,15,22H,2-4,7-12,14H2,1H3. The van der Waals surface area contributed by atoms with Gasteiger partial charge in [-0.3, -0.25) is 9.69 Å². The Morgan fingerprint density at radius 3 is 2.59 bits per heavy atom. The molecular weight excluding hydrogens is 422 g/mol. The Morgan fingerprint density at radius 1 is 1.16 bits per heavy atom. The molecule has 8 nitrogen and oxygen atoms in total. The third-order valence-electron chi connectivity index (χ3n) is 6.07. The molecule has 0 aliphatic carbocycles. The molecule has 0 N–H and O–H groups in total. The Balaban J connectivity index is 1.32. The average Bonchev–Trinajstić information content (AvgIpc) is 3.28. The number of alkyl halides is 2. The van der Waals surface area contributed by atoms with Crippen LogP contribution in [0.15, 0.2) is 22.7 Å². The molecule has 0 spiro atoms. The van der Waals surface area contributed by atoms with Crippen LogP contribution >= 0.6 is 0 Å². The molecule has 4 rings (SSSR count). The third-order valence-corrected chi connectivity index (χ3v) is 6.07. The maximum atomic E-state index is 12.7. The molecule has 32 heavy (non-hydrogen) atoms. The minimum absolute atomic E-state index is 0.0584. The molecule has 2 aromatic rings. The van der Waals surface area contributed by atoms with Crippen LogP contribution in [0.1, 0.15) is 38.0 Å². The van der Waals surface area contributed by atoms with E-state index in [1.54, 1.807) is 6.07 Å². The number of amides is 1. The predicted octanol–water partition coefficient (Wildman–Crippen LogP) is 3.57. The average molecular weight is 450 g/mol. The van der Waals surface area contributed by atoms with E-state index in [9.17, 15) is 13.6 Å². The molecule has 174 valence electrons. The molecule has 0 radical (unpaired) electrons. The van der Waals surface area contributed by atoms with E-state index in [1.807, 2.05) is 4.90 Å². The van der Waals surface area contributed by atoms with Gasteiger partial charge in [0.05, 0.1) is 13.7 Å². The fourth-order valence-electron chi connectivity index (χ4n) is 4.34. The van der Waals surface area contributed by atoms with Gasteiger partial charge in [0.1, 0.15) is 0 Å². The van der Waals surface area contributed by atoms with Gasteiger partial charge in [-0.05, 0) is 63.4 Å². The Bertz CT molecular complexity index is 909. The summed E-state index contributed by atoms with van der Waals surface area (Å²) in [6, 6.07) is 4.50. The van der Waals surface area contributed by atoms with Gasteiger partial charge in [0.2, 0.25) is 17.6 Å². The summed E-state index contributed by atoms with van der Waals surface area (Å²) < 4.78 is 40.0. The smallest absolute Gasteiger partial charge is 0.387 e. The first kappa shape index (κ1) is 22.4. The number of ether oxygens (including phenoxy) is 2. The van der Waals surface area contributed by atoms with Crippen LogP contribution in [0.25, 0.3) is 11.4 Å². The number of benzene rings is 1. The SMILES string of the molecule is COc1cc(-c2noc(CN3CCC(C(=O)N4CCCCC4)CC3)n2)ccc1OC(F)F. The summed E-state index contributed by atoms with van der Waals surface area (Å²) in [7, 11) is 1.37. The van der Waals surface area contributed by atoms with Crippen LogP contribution in [0.3, 0.4) is 0 Å². The van der Waals surface area contributed by atoms with Gasteiger partial charge in [0.15, 0.2) is 11.5 Å². The van der Waals surface area contributed by atoms with E-state index in [1.165, 1.54) is 25.7 Å². The molecule has 0 atom stereocenters. The quantitative estimate of drug-likeness (QED) is 0.638. The number of likely N-dealkylation sites (tertiary alicyclic amines) is 2. The van der Waals surface area contributed by atoms with Gasteiger partial charge in [-0.1, -0.05) is 5.16 Å². The summed E-state index contributed by atoms with van der Waals surface area (Å²) in [5.41, 5.74) is 0.573. The Kier molecular flexibility index (Phi) is 7.19. The highest BCUT2D eigenvalue weighted by Crippen LogP contribution is 2.32. The van der Waals surface area contributed by atoms with Crippen molar-refractivity contribution >= 4 is 5.91 Å². The van der Waals surface area contributed by atoms with Gasteiger partial charge in [-0.15, -0.1) is 0 Å². The summed E-state index contributed by atoms with van der Waals surface area (Å²) in [6.07, 6.45) is 5.10. The Hall–Kier alpha value is -2.75. The van der Waals surface area contributed by atoms with Crippen molar-refractivity contribution in [1.82, 2.24) is 19.9 Å². The van der Waals surface area contributed by atoms with Crippen molar-refractivity contribution in [3.8, 4) is 22.9 Å². The Morgan fingerprint density at radius 2 is 1.91 bits per heavy atom. The van der Waals surface area contributed by atoms with Crippen molar-refractivity contribution in [3.63, 3.8) is 0 Å². The highest BCUT2D eigenvalue weighted by molar-refractivity contribution is 5.79. The lowest BCUT2D eigenvalue weighted by Gasteiger charge is -2.35. The zero-order valence-corrected chi connectivity index (χ0v) is 18.1. The van der Waals surface area contributed by atoms with Crippen LogP contribution in [0.2, 0.25) is 0 Å². The van der Waals surface area contributed by atoms with Gasteiger partial charge < -0.3 is 18.9 Å². The van der Waals surface area contributed by atoms with E-state index in [2.05, 4.69) is 19.8 Å². The zero-order chi connectivity index (χ0) is 22.5. The van der Waals surface area contributed by atoms with E-state index in [0.717, 1.165) is 51.9 Å². The van der Waals surface area contributed by atoms with Crippen LogP contribution in [0, 0.1) is 5.92 Å². The van der Waals surface area contributed by atoms with Gasteiger partial charge in [-0.2, -0.15) is 13.8 Å². The molecule has 1 aromatic heterocycles. The molecule has 3 heterocycles. The van der Waals surface area contributed by atoms with Crippen molar-refractivity contribution in [2.24, 2.45) is 5.92 Å². The van der Waals surface area contributed by atoms with Crippen molar-refractivity contribution < 1.29 is 27.6 Å². The molecule has 2 aliphatic heterocycles. The van der Waals surface area contributed by atoms with Crippen molar-refractivity contribution in [2.45, 2.75) is 45.3 Å². The number of hydrogen-bond donors (Lipinski definition) is 0. The van der Waals surface area contributed by atoms with Crippen LogP contribution in [0.5, 0.6) is 11.5 Å². The topological polar surface area (TPSA) is 80.9 Å². The summed E-state index contributed by atoms with van der Waals surface area (Å²) in [5, 5.41) is 4.00. The lowest BCUT2D eigenvalue weighted by atomic mass is 9.94. The second-order valence-corrected chi connectivity index (χ2v) is 8.19. The van der Waals surface area contributed by atoms with Gasteiger partial charge in [0.25, 0.3) is 0 Å². The highest BCUT2D eigenvalue weighted by Gasteiger charge is 2.29. The molecule has 1 amide bonds. The van der Waals surface area contributed by atoms with Crippen LogP contribution < -0.4 is 9.47 Å². The maximum absolute atomic E-state index is 12.7. The van der Waals surface area contributed by atoms with Crippen LogP contribution in [0.4, 0.5) is 8.78 Å². The summed E-state index contributed by atoms with van der Waals surface area (Å²) in [4.78, 5) is 21.4. The molecule has 10 heteroatoms. The lowest BCUT2D eigenvalue weighted by Crippen LogP contribution is -2.44. The molecule has 2 saturated heterocycles. The zero-order valence-electron chi connectivity index (χ0n) is 18.1. The second-order valence-electron chi connectivity index (χ2n) is 8.19. The second kappa shape index (κ2) is 10.2. The first-order valence-electron chi connectivity index (χ1n) is 11.0. The Labute approximate surface area is 185 Å². The van der Waals surface area contributed by atoms with Crippen LogP contribution in [-0.2, 0) is 11.3 Å². The number of hydrogen-bond acceptors (Lipinski definition) is 7. The van der Waals surface area contributed by atoms with E-state index in [0.29, 0.717) is 29.7 Å². The van der Waals surface area contributed by atoms with Gasteiger partial charge in [-0.25, -0.2) is 0 Å². The molecule has 0 bridgehead atoms. The highest BCUT2D eigenvalue weighted by atomic mass is 19.3. The minimum atomic E-state index is -2.94. The third kappa shape index (κ3) is 5.35. The molecule has 0 saturated carbocycles. The number of piperidine rings is 2. The summed E-state index contributed by atoms with van der Waals surface area (Å²) in [5.74, 6) is 1.32. The number of halogens is 2. The molecule has 2 fully saturated rings. The summed E-state index contributed by atoms with van der Waals surface area (Å²) >= 11 is 0. The van der Waals surface area contributed by atoms with Gasteiger partial charge >= 0.3 is 6.61 Å². The first-order valence-corrected chi connectivity index (χ1v) is 11.0. The molecule has 0 unspecified atom stereocenters. The molecular formula is C22H28F2N4O4. The van der Waals surface area contributed by atoms with Gasteiger partial charge in [0, 0.05) is 24.6 Å². The van der Waals surface area contributed by atoms with E-state index < -0.39 is 6.61 Å². The number of nitrogens with zero attached hydrogens (tertiary/aromatic N) is 4. The number of rotatable bonds is 7. The largest absolute Gasteiger partial charge is 0.493 e. The number of carbonyl (C=O) groups excluding carboxylic acids is 1. The van der Waals surface area contributed by atoms with E-state index in [4.69, 9.17) is 9.26 Å². The summed E-state index contributed by atoms with van der Waals surface area (Å²) in [6.45, 7) is 0.950. The maximum Gasteiger partial charge on any atom is 0.387 e. The lowest BCUT2D eigenvalue weighted by molar-refractivity contribution is -0.138. The number of aromatic nitrogens is 2. The predicted molar refractivity (Wildman–Crippen MR) is 111 cm³/mol. The fourth-order valence-corrected chi connectivity index (χ4v) is 4.34. The van der Waals surface area contributed by atoms with Crippen molar-refractivity contribution in [3.05, 3.63) is 24.1 Å². The number of methoxy groups -OCH3 is 1. The van der Waals surface area contributed by atoms with E-state index >= 15 is 0 Å². The normalized spacial score (nSPS) is 18.2. The minimum Gasteiger partial charge on any atom is -0.493 e. The van der Waals surface area contributed by atoms with E-state index in [-0.39, 0.29) is 17.4 Å². The van der Waals surface area contributed by atoms with Crippen molar-refractivity contribution in [1.29, 1.82) is 0 Å². The first-order chi connectivity index (χ1) is 15.5.